The van der Waals surface area contributed by atoms with Gasteiger partial charge in [0.1, 0.15) is 6.10 Å². The maximum Gasteiger partial charge on any atom is 0.339 e. The smallest absolute Gasteiger partial charge is 0.339 e. The number of aromatic carboxylic acids is 1. The largest absolute Gasteiger partial charge is 0.478 e. The van der Waals surface area contributed by atoms with Crippen LogP contribution in [0.25, 0.3) is 0 Å². The molecule has 1 aromatic heterocycles. The first-order chi connectivity index (χ1) is 14.4. The Morgan fingerprint density at radius 2 is 2.00 bits per heavy atom. The third-order valence-corrected chi connectivity index (χ3v) is 5.88. The summed E-state index contributed by atoms with van der Waals surface area (Å²) in [6, 6.07) is 7.67. The topological polar surface area (TPSA) is 103 Å². The van der Waals surface area contributed by atoms with Gasteiger partial charge in [-0.2, -0.15) is 0 Å². The van der Waals surface area contributed by atoms with Gasteiger partial charge < -0.3 is 19.0 Å². The van der Waals surface area contributed by atoms with E-state index in [0.717, 1.165) is 11.1 Å². The number of hydrogen-bond acceptors (Lipinski definition) is 6. The Morgan fingerprint density at radius 3 is 2.70 bits per heavy atom. The zero-order chi connectivity index (χ0) is 21.3. The summed E-state index contributed by atoms with van der Waals surface area (Å²) in [5, 5.41) is 9.31. The van der Waals surface area contributed by atoms with Gasteiger partial charge in [0.25, 0.3) is 0 Å². The van der Waals surface area contributed by atoms with Crippen LogP contribution in [0.1, 0.15) is 45.7 Å². The number of esters is 2. The molecule has 0 radical (unpaired) electrons. The molecule has 0 amide bonds. The van der Waals surface area contributed by atoms with Crippen molar-refractivity contribution in [2.45, 2.75) is 19.4 Å². The first-order valence-corrected chi connectivity index (χ1v) is 9.52. The maximum atomic E-state index is 12.6. The number of allylic oxidation sites excluding steroid dienone is 2. The molecule has 0 fully saturated rings. The average Bonchev–Trinajstić information content (AvgIpc) is 3.26. The molecule has 1 N–H and O–H groups in total. The quantitative estimate of drug-likeness (QED) is 0.748. The minimum absolute atomic E-state index is 0.00118. The van der Waals surface area contributed by atoms with E-state index < -0.39 is 29.4 Å². The number of hydrogen-bond donors (Lipinski definition) is 1. The highest BCUT2D eigenvalue weighted by Crippen LogP contribution is 2.54. The summed E-state index contributed by atoms with van der Waals surface area (Å²) >= 11 is 0. The number of carboxylic acid groups (broad SMARTS) is 1. The van der Waals surface area contributed by atoms with Gasteiger partial charge in [0, 0.05) is 23.0 Å². The number of cyclic esters (lactones) is 1. The average molecular weight is 408 g/mol. The molecule has 1 aliphatic carbocycles. The number of ether oxygens (including phenoxy) is 2. The van der Waals surface area contributed by atoms with Crippen LogP contribution in [-0.4, -0.2) is 29.6 Å². The molecule has 0 saturated carbocycles. The van der Waals surface area contributed by atoms with Crippen molar-refractivity contribution < 1.29 is 33.4 Å². The zero-order valence-electron chi connectivity index (χ0n) is 16.2. The van der Waals surface area contributed by atoms with E-state index in [1.54, 1.807) is 18.2 Å². The first-order valence-electron chi connectivity index (χ1n) is 9.52. The molecule has 30 heavy (non-hydrogen) atoms. The second kappa shape index (κ2) is 7.67. The molecule has 2 aliphatic rings. The predicted molar refractivity (Wildman–Crippen MR) is 105 cm³/mol. The highest BCUT2D eigenvalue weighted by molar-refractivity contribution is 6.02. The molecule has 2 heterocycles. The van der Waals surface area contributed by atoms with Crippen LogP contribution in [-0.2, 0) is 14.3 Å². The van der Waals surface area contributed by atoms with Gasteiger partial charge in [0.15, 0.2) is 0 Å². The molecule has 2 aromatic rings. The van der Waals surface area contributed by atoms with Crippen molar-refractivity contribution in [1.29, 1.82) is 0 Å². The summed E-state index contributed by atoms with van der Waals surface area (Å²) in [6.07, 6.45) is 8.35. The number of carboxylic acids is 1. The third-order valence-electron chi connectivity index (χ3n) is 5.88. The lowest BCUT2D eigenvalue weighted by Gasteiger charge is -2.47. The second-order valence-corrected chi connectivity index (χ2v) is 7.54. The van der Waals surface area contributed by atoms with Crippen molar-refractivity contribution in [1.82, 2.24) is 0 Å². The van der Waals surface area contributed by atoms with Crippen LogP contribution >= 0.6 is 0 Å². The van der Waals surface area contributed by atoms with Gasteiger partial charge >= 0.3 is 17.9 Å². The van der Waals surface area contributed by atoms with E-state index in [1.807, 2.05) is 19.1 Å². The normalized spacial score (nSPS) is 25.1. The lowest BCUT2D eigenvalue weighted by Crippen LogP contribution is -2.44. The maximum absolute atomic E-state index is 12.6. The van der Waals surface area contributed by atoms with Gasteiger partial charge in [0.2, 0.25) is 0 Å². The number of benzene rings is 1. The predicted octanol–water partition coefficient (Wildman–Crippen LogP) is 3.94. The molecule has 154 valence electrons. The van der Waals surface area contributed by atoms with Crippen LogP contribution in [0.5, 0.6) is 0 Å². The van der Waals surface area contributed by atoms with Crippen molar-refractivity contribution in [3.63, 3.8) is 0 Å². The Morgan fingerprint density at radius 1 is 1.23 bits per heavy atom. The molecular weight excluding hydrogens is 388 g/mol. The first kappa shape index (κ1) is 19.7. The summed E-state index contributed by atoms with van der Waals surface area (Å²) in [5.41, 5.74) is 0.765. The third kappa shape index (κ3) is 3.32. The molecule has 1 unspecified atom stereocenters. The van der Waals surface area contributed by atoms with Crippen LogP contribution in [0.2, 0.25) is 0 Å². The number of rotatable bonds is 5. The fraction of sp³-hybridized carbons (Fsp3) is 0.261. The Hall–Kier alpha value is -3.61. The van der Waals surface area contributed by atoms with Crippen molar-refractivity contribution in [3.8, 4) is 0 Å². The molecule has 7 nitrogen and oxygen atoms in total. The van der Waals surface area contributed by atoms with Crippen LogP contribution in [0.3, 0.4) is 0 Å². The van der Waals surface area contributed by atoms with Crippen LogP contribution in [0, 0.1) is 11.3 Å². The Balaban J connectivity index is 1.61. The fourth-order valence-electron chi connectivity index (χ4n) is 4.17. The van der Waals surface area contributed by atoms with Gasteiger partial charge in [-0.05, 0) is 30.2 Å². The summed E-state index contributed by atoms with van der Waals surface area (Å²) in [4.78, 5) is 36.1. The van der Waals surface area contributed by atoms with Crippen LogP contribution in [0.4, 0.5) is 0 Å². The summed E-state index contributed by atoms with van der Waals surface area (Å²) in [6.45, 7) is 2.01. The number of carbonyl (C=O) groups is 3. The van der Waals surface area contributed by atoms with E-state index in [4.69, 9.17) is 13.9 Å². The van der Waals surface area contributed by atoms with Crippen molar-refractivity contribution in [3.05, 3.63) is 83.3 Å². The molecule has 3 atom stereocenters. The van der Waals surface area contributed by atoms with E-state index in [2.05, 4.69) is 0 Å². The van der Waals surface area contributed by atoms with Crippen molar-refractivity contribution in [2.75, 3.05) is 6.61 Å². The standard InChI is InChI=1S/C23H20O7/c1-23-15(11-19(24)30-20(23)14-9-10-28-12-14)5-4-6-16(23)13-29-22(27)18-8-3-2-7-17(18)21(25)26/h2-5,7-12,16,20H,6,13H2,1H3,(H,25,26)/t16?,20-,23-/m0/s1. The van der Waals surface area contributed by atoms with Gasteiger partial charge in [0.05, 0.1) is 30.3 Å². The Labute approximate surface area is 172 Å². The van der Waals surface area contributed by atoms with E-state index in [-0.39, 0.29) is 23.7 Å². The van der Waals surface area contributed by atoms with Gasteiger partial charge in [-0.1, -0.05) is 31.2 Å². The summed E-state index contributed by atoms with van der Waals surface area (Å²) < 4.78 is 16.4. The molecule has 1 aliphatic heterocycles. The summed E-state index contributed by atoms with van der Waals surface area (Å²) in [7, 11) is 0. The van der Waals surface area contributed by atoms with E-state index in [0.29, 0.717) is 6.42 Å². The monoisotopic (exact) mass is 408 g/mol. The minimum Gasteiger partial charge on any atom is -0.478 e. The van der Waals surface area contributed by atoms with Crippen LogP contribution < -0.4 is 0 Å². The van der Waals surface area contributed by atoms with E-state index in [9.17, 15) is 19.5 Å². The molecule has 7 heteroatoms. The van der Waals surface area contributed by atoms with Crippen LogP contribution in [0.15, 0.2) is 71.1 Å². The van der Waals surface area contributed by atoms with Crippen molar-refractivity contribution in [2.24, 2.45) is 11.3 Å². The minimum atomic E-state index is -1.19. The van der Waals surface area contributed by atoms with E-state index in [1.165, 1.54) is 30.7 Å². The van der Waals surface area contributed by atoms with Crippen molar-refractivity contribution >= 4 is 17.9 Å². The highest BCUT2D eigenvalue weighted by Gasteiger charge is 2.50. The fourth-order valence-corrected chi connectivity index (χ4v) is 4.17. The molecule has 4 rings (SSSR count). The number of carbonyl (C=O) groups excluding carboxylic acids is 2. The SMILES string of the molecule is C[C@@]12C(=CC(=O)O[C@H]1c1ccoc1)C=CCC2COC(=O)c1ccccc1C(=O)O. The van der Waals surface area contributed by atoms with E-state index >= 15 is 0 Å². The Bertz CT molecular complexity index is 1050. The number of fused-ring (bicyclic) bond motifs is 1. The molecule has 0 saturated heterocycles. The van der Waals surface area contributed by atoms with Gasteiger partial charge in [-0.25, -0.2) is 14.4 Å². The van der Waals surface area contributed by atoms with Gasteiger partial charge in [-0.3, -0.25) is 0 Å². The zero-order valence-corrected chi connectivity index (χ0v) is 16.2. The summed E-state index contributed by atoms with van der Waals surface area (Å²) in [5.74, 6) is -2.53. The Kier molecular flexibility index (Phi) is 5.03. The lowest BCUT2D eigenvalue weighted by molar-refractivity contribution is -0.155. The highest BCUT2D eigenvalue weighted by atomic mass is 16.5. The second-order valence-electron chi connectivity index (χ2n) is 7.54. The van der Waals surface area contributed by atoms with Gasteiger partial charge in [-0.15, -0.1) is 0 Å². The number of furan rings is 1. The lowest BCUT2D eigenvalue weighted by atomic mass is 9.62. The molecule has 1 aromatic carbocycles. The molecule has 0 bridgehead atoms. The molecule has 0 spiro atoms. The molecular formula is C23H20O7.